The van der Waals surface area contributed by atoms with Crippen LogP contribution in [0.5, 0.6) is 11.5 Å². The normalized spacial score (nSPS) is 16.8. The molecule has 0 spiro atoms. The lowest BCUT2D eigenvalue weighted by Crippen LogP contribution is -2.25. The molecule has 2 heterocycles. The van der Waals surface area contributed by atoms with Crippen molar-refractivity contribution < 1.29 is 23.0 Å². The Morgan fingerprint density at radius 1 is 1.32 bits per heavy atom. The molecular weight excluding hydrogens is 332 g/mol. The number of anilines is 1. The van der Waals surface area contributed by atoms with E-state index in [9.17, 15) is 13.6 Å². The van der Waals surface area contributed by atoms with Crippen LogP contribution in [0.25, 0.3) is 0 Å². The molecule has 1 N–H and O–H groups in total. The minimum absolute atomic E-state index is 0.0420. The van der Waals surface area contributed by atoms with Crippen molar-refractivity contribution in [2.24, 2.45) is 0 Å². The summed E-state index contributed by atoms with van der Waals surface area (Å²) in [5.74, 6) is 0.474. The summed E-state index contributed by atoms with van der Waals surface area (Å²) in [6.45, 7) is 1.02. The largest absolute Gasteiger partial charge is 0.493 e. The summed E-state index contributed by atoms with van der Waals surface area (Å²) in [7, 11) is 1.38. The van der Waals surface area contributed by atoms with Crippen LogP contribution in [-0.2, 0) is 4.79 Å². The fourth-order valence-corrected chi connectivity index (χ4v) is 3.02. The van der Waals surface area contributed by atoms with E-state index in [0.29, 0.717) is 5.82 Å². The smallest absolute Gasteiger partial charge is 0.387 e. The quantitative estimate of drug-likeness (QED) is 0.895. The molecule has 25 heavy (non-hydrogen) atoms. The van der Waals surface area contributed by atoms with E-state index in [1.54, 1.807) is 23.0 Å². The number of hydrogen-bond donors (Lipinski definition) is 1. The Balaban J connectivity index is 2.01. The Morgan fingerprint density at radius 3 is 2.72 bits per heavy atom. The highest BCUT2D eigenvalue weighted by molar-refractivity contribution is 5.94. The maximum Gasteiger partial charge on any atom is 0.387 e. The summed E-state index contributed by atoms with van der Waals surface area (Å²) < 4.78 is 36.3. The average Bonchev–Trinajstić information content (AvgIpc) is 2.97. The van der Waals surface area contributed by atoms with E-state index >= 15 is 0 Å². The van der Waals surface area contributed by atoms with E-state index in [1.807, 2.05) is 13.8 Å². The van der Waals surface area contributed by atoms with Crippen molar-refractivity contribution in [1.29, 1.82) is 0 Å². The highest BCUT2D eigenvalue weighted by atomic mass is 19.3. The number of benzene rings is 1. The summed E-state index contributed by atoms with van der Waals surface area (Å²) in [5, 5.41) is 7.22. The maximum absolute atomic E-state index is 12.5. The number of alkyl halides is 2. The Bertz CT molecular complexity index is 789. The summed E-state index contributed by atoms with van der Waals surface area (Å²) in [4.78, 5) is 12.1. The molecule has 1 amide bonds. The molecule has 1 aromatic heterocycles. The first kappa shape index (κ1) is 17.2. The number of carbonyl (C=O) groups excluding carboxylic acids is 1. The Labute approximate surface area is 143 Å². The van der Waals surface area contributed by atoms with Gasteiger partial charge in [-0.25, -0.2) is 4.68 Å². The van der Waals surface area contributed by atoms with Gasteiger partial charge in [-0.1, -0.05) is 6.07 Å². The third-order valence-electron chi connectivity index (χ3n) is 4.14. The van der Waals surface area contributed by atoms with Crippen LogP contribution < -0.4 is 14.8 Å². The molecule has 1 aliphatic heterocycles. The number of amides is 1. The van der Waals surface area contributed by atoms with Crippen molar-refractivity contribution in [3.63, 3.8) is 0 Å². The molecule has 0 fully saturated rings. The molecular formula is C17H19F2N3O3. The molecule has 0 bridgehead atoms. The molecule has 6 nitrogen and oxygen atoms in total. The number of fused-ring (bicyclic) bond motifs is 1. The Morgan fingerprint density at radius 2 is 2.08 bits per heavy atom. The van der Waals surface area contributed by atoms with E-state index in [4.69, 9.17) is 4.74 Å². The molecule has 1 atom stereocenters. The number of nitrogens with zero attached hydrogens (tertiary/aromatic N) is 2. The fraction of sp³-hybridized carbons (Fsp3) is 0.412. The van der Waals surface area contributed by atoms with Gasteiger partial charge >= 0.3 is 6.61 Å². The number of ether oxygens (including phenoxy) is 2. The van der Waals surface area contributed by atoms with Crippen LogP contribution in [0.2, 0.25) is 0 Å². The Hall–Kier alpha value is -2.64. The monoisotopic (exact) mass is 351 g/mol. The van der Waals surface area contributed by atoms with E-state index in [1.165, 1.54) is 13.2 Å². The van der Waals surface area contributed by atoms with Crippen LogP contribution in [0.1, 0.15) is 43.4 Å². The minimum atomic E-state index is -2.93. The average molecular weight is 351 g/mol. The van der Waals surface area contributed by atoms with Gasteiger partial charge in [0.15, 0.2) is 11.5 Å². The minimum Gasteiger partial charge on any atom is -0.493 e. The van der Waals surface area contributed by atoms with Gasteiger partial charge in [0, 0.05) is 23.9 Å². The van der Waals surface area contributed by atoms with E-state index < -0.39 is 6.61 Å². The van der Waals surface area contributed by atoms with E-state index in [-0.39, 0.29) is 35.8 Å². The molecule has 2 aromatic rings. The predicted molar refractivity (Wildman–Crippen MR) is 87.3 cm³/mol. The summed E-state index contributed by atoms with van der Waals surface area (Å²) in [5.41, 5.74) is 1.66. The molecule has 0 aliphatic carbocycles. The first-order valence-corrected chi connectivity index (χ1v) is 7.90. The lowest BCUT2D eigenvalue weighted by atomic mass is 9.87. The first-order valence-electron chi connectivity index (χ1n) is 7.90. The third-order valence-corrected chi connectivity index (χ3v) is 4.14. The number of halogens is 2. The zero-order chi connectivity index (χ0) is 18.1. The van der Waals surface area contributed by atoms with Gasteiger partial charge in [0.1, 0.15) is 5.82 Å². The molecule has 134 valence electrons. The number of carbonyl (C=O) groups is 1. The molecule has 1 aromatic carbocycles. The predicted octanol–water partition coefficient (Wildman–Crippen LogP) is 3.55. The van der Waals surface area contributed by atoms with E-state index in [2.05, 4.69) is 15.2 Å². The van der Waals surface area contributed by atoms with Crippen LogP contribution in [-0.4, -0.2) is 29.4 Å². The number of aromatic nitrogens is 2. The molecule has 0 unspecified atom stereocenters. The van der Waals surface area contributed by atoms with E-state index in [0.717, 1.165) is 11.1 Å². The topological polar surface area (TPSA) is 65.4 Å². The molecule has 0 saturated carbocycles. The SMILES string of the molecule is COc1cc([C@@H]2CC(=O)Nc3c2cnn3C(C)C)ccc1OC(F)F. The molecule has 3 rings (SSSR count). The van der Waals surface area contributed by atoms with Crippen molar-refractivity contribution in [3.05, 3.63) is 35.5 Å². The second-order valence-corrected chi connectivity index (χ2v) is 6.08. The van der Waals surface area contributed by atoms with Crippen LogP contribution in [0.3, 0.4) is 0 Å². The van der Waals surface area contributed by atoms with Gasteiger partial charge in [-0.05, 0) is 31.5 Å². The van der Waals surface area contributed by atoms with Gasteiger partial charge in [-0.3, -0.25) is 4.79 Å². The maximum atomic E-state index is 12.5. The van der Waals surface area contributed by atoms with Crippen molar-refractivity contribution in [2.45, 2.75) is 38.8 Å². The van der Waals surface area contributed by atoms with Crippen molar-refractivity contribution in [1.82, 2.24) is 9.78 Å². The number of methoxy groups -OCH3 is 1. The first-order chi connectivity index (χ1) is 11.9. The fourth-order valence-electron chi connectivity index (χ4n) is 3.02. The summed E-state index contributed by atoms with van der Waals surface area (Å²) in [6, 6.07) is 4.82. The zero-order valence-corrected chi connectivity index (χ0v) is 14.1. The summed E-state index contributed by atoms with van der Waals surface area (Å²) >= 11 is 0. The second-order valence-electron chi connectivity index (χ2n) is 6.08. The zero-order valence-electron chi connectivity index (χ0n) is 14.1. The van der Waals surface area contributed by atoms with Gasteiger partial charge in [-0.15, -0.1) is 0 Å². The molecule has 0 radical (unpaired) electrons. The highest BCUT2D eigenvalue weighted by Crippen LogP contribution is 2.40. The number of nitrogens with one attached hydrogen (secondary N) is 1. The van der Waals surface area contributed by atoms with Gasteiger partial charge in [0.2, 0.25) is 5.91 Å². The third kappa shape index (κ3) is 3.29. The van der Waals surface area contributed by atoms with Crippen LogP contribution >= 0.6 is 0 Å². The summed E-state index contributed by atoms with van der Waals surface area (Å²) in [6.07, 6.45) is 1.98. The van der Waals surface area contributed by atoms with Gasteiger partial charge < -0.3 is 14.8 Å². The lowest BCUT2D eigenvalue weighted by molar-refractivity contribution is -0.116. The van der Waals surface area contributed by atoms with Crippen molar-refractivity contribution in [2.75, 3.05) is 12.4 Å². The number of hydrogen-bond acceptors (Lipinski definition) is 4. The highest BCUT2D eigenvalue weighted by Gasteiger charge is 2.31. The molecule has 1 aliphatic rings. The van der Waals surface area contributed by atoms with Gasteiger partial charge in [0.05, 0.1) is 13.3 Å². The van der Waals surface area contributed by atoms with Gasteiger partial charge in [-0.2, -0.15) is 13.9 Å². The van der Waals surface area contributed by atoms with Crippen LogP contribution in [0.4, 0.5) is 14.6 Å². The Kier molecular flexibility index (Phi) is 4.61. The molecule has 8 heteroatoms. The number of rotatable bonds is 5. The molecule has 0 saturated heterocycles. The van der Waals surface area contributed by atoms with Crippen molar-refractivity contribution >= 4 is 11.7 Å². The van der Waals surface area contributed by atoms with Crippen LogP contribution in [0, 0.1) is 0 Å². The lowest BCUT2D eigenvalue weighted by Gasteiger charge is -2.25. The van der Waals surface area contributed by atoms with Gasteiger partial charge in [0.25, 0.3) is 0 Å². The standard InChI is InChI=1S/C17H19F2N3O3/c1-9(2)22-16-12(8-20-22)11(7-15(23)21-16)10-4-5-13(25-17(18)19)14(6-10)24-3/h4-6,8-9,11,17H,7H2,1-3H3,(H,21,23)/t11-/m0/s1. The second kappa shape index (κ2) is 6.70. The van der Waals surface area contributed by atoms with Crippen LogP contribution in [0.15, 0.2) is 24.4 Å². The van der Waals surface area contributed by atoms with Crippen molar-refractivity contribution in [3.8, 4) is 11.5 Å².